The zero-order valence-electron chi connectivity index (χ0n) is 12.2. The average Bonchev–Trinajstić information content (AvgIpc) is 2.44. The van der Waals surface area contributed by atoms with Gasteiger partial charge in [-0.25, -0.2) is 0 Å². The summed E-state index contributed by atoms with van der Waals surface area (Å²) < 4.78 is 0. The first kappa shape index (κ1) is 16.4. The molecule has 0 spiro atoms. The second-order valence-corrected chi connectivity index (χ2v) is 5.11. The number of anilines is 1. The van der Waals surface area contributed by atoms with Crippen LogP contribution in [0.3, 0.4) is 0 Å². The predicted molar refractivity (Wildman–Crippen MR) is 78.7 cm³/mol. The zero-order chi connectivity index (χ0) is 16.0. The maximum absolute atomic E-state index is 11.8. The Morgan fingerprint density at radius 2 is 2.10 bits per heavy atom. The van der Waals surface area contributed by atoms with E-state index in [0.29, 0.717) is 18.2 Å². The summed E-state index contributed by atoms with van der Waals surface area (Å²) in [6, 6.07) is 5.39. The molecule has 1 aromatic carbocycles. The highest BCUT2D eigenvalue weighted by Gasteiger charge is 2.17. The number of nitro benzene ring substituents is 1. The molecule has 21 heavy (non-hydrogen) atoms. The first-order valence-electron chi connectivity index (χ1n) is 6.58. The van der Waals surface area contributed by atoms with E-state index in [2.05, 4.69) is 10.6 Å². The molecule has 0 radical (unpaired) electrons. The fraction of sp³-hybridized carbons (Fsp3) is 0.429. The van der Waals surface area contributed by atoms with Crippen molar-refractivity contribution in [1.29, 1.82) is 5.26 Å². The van der Waals surface area contributed by atoms with E-state index in [4.69, 9.17) is 5.26 Å². The highest BCUT2D eigenvalue weighted by atomic mass is 16.6. The van der Waals surface area contributed by atoms with Gasteiger partial charge in [0.2, 0.25) is 5.91 Å². The van der Waals surface area contributed by atoms with Gasteiger partial charge in [-0.1, -0.05) is 13.8 Å². The van der Waals surface area contributed by atoms with E-state index in [1.165, 1.54) is 18.2 Å². The van der Waals surface area contributed by atoms with E-state index in [0.717, 1.165) is 0 Å². The van der Waals surface area contributed by atoms with Crippen LogP contribution in [-0.2, 0) is 4.79 Å². The Balaban J connectivity index is 2.79. The lowest BCUT2D eigenvalue weighted by molar-refractivity contribution is -0.385. The summed E-state index contributed by atoms with van der Waals surface area (Å²) in [6.07, 6.45) is 0. The first-order valence-corrected chi connectivity index (χ1v) is 6.58. The van der Waals surface area contributed by atoms with Crippen LogP contribution in [0.1, 0.15) is 26.3 Å². The van der Waals surface area contributed by atoms with Crippen molar-refractivity contribution in [3.8, 4) is 6.07 Å². The molecule has 0 saturated carbocycles. The number of hydrogen-bond donors (Lipinski definition) is 2. The predicted octanol–water partition coefficient (Wildman–Crippen LogP) is 2.04. The number of nitriles is 1. The molecule has 1 unspecified atom stereocenters. The summed E-state index contributed by atoms with van der Waals surface area (Å²) in [7, 11) is 0. The number of amides is 1. The third-order valence-corrected chi connectivity index (χ3v) is 2.78. The lowest BCUT2D eigenvalue weighted by atomic mass is 10.1. The molecular weight excluding hydrogens is 272 g/mol. The molecule has 2 N–H and O–H groups in total. The Labute approximate surface area is 123 Å². The van der Waals surface area contributed by atoms with E-state index in [1.807, 2.05) is 13.8 Å². The number of nitrogens with zero attached hydrogens (tertiary/aromatic N) is 2. The van der Waals surface area contributed by atoms with Gasteiger partial charge in [-0.05, 0) is 25.0 Å². The summed E-state index contributed by atoms with van der Waals surface area (Å²) in [5.74, 6) is 0.160. The van der Waals surface area contributed by atoms with Crippen LogP contribution in [0.15, 0.2) is 18.2 Å². The summed E-state index contributed by atoms with van der Waals surface area (Å²) in [5, 5.41) is 25.3. The second-order valence-electron chi connectivity index (χ2n) is 5.11. The van der Waals surface area contributed by atoms with E-state index in [1.54, 1.807) is 13.0 Å². The zero-order valence-corrected chi connectivity index (χ0v) is 12.2. The summed E-state index contributed by atoms with van der Waals surface area (Å²) in [5.41, 5.74) is 0.132. The number of nitro groups is 1. The minimum absolute atomic E-state index is 0.0116. The van der Waals surface area contributed by atoms with Gasteiger partial charge < -0.3 is 10.6 Å². The average molecular weight is 290 g/mol. The molecule has 1 rings (SSSR count). The standard InChI is InChI=1S/C14H18N4O3/c1-9(2)8-16-14(19)10(3)17-12-5-4-11(7-15)13(6-12)18(20)21/h4-6,9-10,17H,8H2,1-3H3,(H,16,19). The van der Waals surface area contributed by atoms with E-state index >= 15 is 0 Å². The van der Waals surface area contributed by atoms with Gasteiger partial charge in [0, 0.05) is 18.3 Å². The van der Waals surface area contributed by atoms with Crippen molar-refractivity contribution < 1.29 is 9.72 Å². The number of benzene rings is 1. The van der Waals surface area contributed by atoms with Gasteiger partial charge in [0.1, 0.15) is 17.7 Å². The normalized spacial score (nSPS) is 11.6. The first-order chi connectivity index (χ1) is 9.85. The molecule has 0 aliphatic rings. The van der Waals surface area contributed by atoms with Gasteiger partial charge in [0.05, 0.1) is 4.92 Å². The fourth-order valence-electron chi connectivity index (χ4n) is 1.64. The third kappa shape index (κ3) is 4.76. The number of hydrogen-bond acceptors (Lipinski definition) is 5. The van der Waals surface area contributed by atoms with E-state index in [9.17, 15) is 14.9 Å². The van der Waals surface area contributed by atoms with Crippen molar-refractivity contribution >= 4 is 17.3 Å². The van der Waals surface area contributed by atoms with Crippen LogP contribution in [0, 0.1) is 27.4 Å². The van der Waals surface area contributed by atoms with Crippen molar-refractivity contribution in [1.82, 2.24) is 5.32 Å². The van der Waals surface area contributed by atoms with Gasteiger partial charge in [-0.2, -0.15) is 5.26 Å². The maximum atomic E-state index is 11.8. The van der Waals surface area contributed by atoms with Crippen LogP contribution in [-0.4, -0.2) is 23.4 Å². The highest BCUT2D eigenvalue weighted by molar-refractivity contribution is 5.84. The summed E-state index contributed by atoms with van der Waals surface area (Å²) in [6.45, 7) is 6.21. The van der Waals surface area contributed by atoms with E-state index < -0.39 is 11.0 Å². The summed E-state index contributed by atoms with van der Waals surface area (Å²) >= 11 is 0. The fourth-order valence-corrected chi connectivity index (χ4v) is 1.64. The molecule has 7 nitrogen and oxygen atoms in total. The molecule has 0 bridgehead atoms. The van der Waals surface area contributed by atoms with Crippen molar-refractivity contribution in [2.75, 3.05) is 11.9 Å². The molecule has 0 fully saturated rings. The monoisotopic (exact) mass is 290 g/mol. The van der Waals surface area contributed by atoms with Crippen molar-refractivity contribution in [2.45, 2.75) is 26.8 Å². The molecule has 1 amide bonds. The van der Waals surface area contributed by atoms with Crippen LogP contribution in [0.2, 0.25) is 0 Å². The van der Waals surface area contributed by atoms with Crippen LogP contribution >= 0.6 is 0 Å². The molecule has 1 atom stereocenters. The molecule has 0 saturated heterocycles. The van der Waals surface area contributed by atoms with Crippen LogP contribution in [0.4, 0.5) is 11.4 Å². The number of nitrogens with one attached hydrogen (secondary N) is 2. The Morgan fingerprint density at radius 1 is 1.43 bits per heavy atom. The molecule has 7 heteroatoms. The SMILES string of the molecule is CC(C)CNC(=O)C(C)Nc1ccc(C#N)c([N+](=O)[O-])c1. The molecule has 0 aliphatic carbocycles. The van der Waals surface area contributed by atoms with Crippen molar-refractivity contribution in [3.63, 3.8) is 0 Å². The Hall–Kier alpha value is -2.62. The largest absolute Gasteiger partial charge is 0.374 e. The Kier molecular flexibility index (Phi) is 5.67. The van der Waals surface area contributed by atoms with Crippen LogP contribution in [0.25, 0.3) is 0 Å². The maximum Gasteiger partial charge on any atom is 0.289 e. The molecule has 112 valence electrons. The Bertz CT molecular complexity index is 578. The van der Waals surface area contributed by atoms with Crippen molar-refractivity contribution in [2.24, 2.45) is 5.92 Å². The van der Waals surface area contributed by atoms with Gasteiger partial charge in [0.15, 0.2) is 0 Å². The van der Waals surface area contributed by atoms with Gasteiger partial charge in [-0.3, -0.25) is 14.9 Å². The second kappa shape index (κ2) is 7.24. The van der Waals surface area contributed by atoms with Gasteiger partial charge >= 0.3 is 0 Å². The van der Waals surface area contributed by atoms with Gasteiger partial charge in [0.25, 0.3) is 5.69 Å². The van der Waals surface area contributed by atoms with E-state index in [-0.39, 0.29) is 17.2 Å². The Morgan fingerprint density at radius 3 is 2.62 bits per heavy atom. The van der Waals surface area contributed by atoms with Crippen molar-refractivity contribution in [3.05, 3.63) is 33.9 Å². The quantitative estimate of drug-likeness (QED) is 0.615. The van der Waals surface area contributed by atoms with Crippen LogP contribution < -0.4 is 10.6 Å². The lowest BCUT2D eigenvalue weighted by Crippen LogP contribution is -2.39. The molecular formula is C14H18N4O3. The number of carbonyl (C=O) groups excluding carboxylic acids is 1. The topological polar surface area (TPSA) is 108 Å². The third-order valence-electron chi connectivity index (χ3n) is 2.78. The molecule has 0 aromatic heterocycles. The molecule has 0 aliphatic heterocycles. The molecule has 0 heterocycles. The highest BCUT2D eigenvalue weighted by Crippen LogP contribution is 2.22. The summed E-state index contributed by atoms with van der Waals surface area (Å²) in [4.78, 5) is 22.1. The smallest absolute Gasteiger partial charge is 0.289 e. The van der Waals surface area contributed by atoms with Gasteiger partial charge in [-0.15, -0.1) is 0 Å². The number of rotatable bonds is 6. The van der Waals surface area contributed by atoms with Crippen LogP contribution in [0.5, 0.6) is 0 Å². The minimum Gasteiger partial charge on any atom is -0.374 e. The lowest BCUT2D eigenvalue weighted by Gasteiger charge is -2.16. The minimum atomic E-state index is -0.618. The number of carbonyl (C=O) groups is 1. The molecule has 1 aromatic rings.